The molecule has 0 heterocycles. The first-order chi connectivity index (χ1) is 6.62. The van der Waals surface area contributed by atoms with Crippen molar-refractivity contribution in [1.82, 2.24) is 0 Å². The van der Waals surface area contributed by atoms with Crippen LogP contribution in [0.2, 0.25) is 5.02 Å². The molecular formula is C11H11ClO2. The maximum atomic E-state index is 11.2. The van der Waals surface area contributed by atoms with Crippen molar-refractivity contribution in [3.8, 4) is 5.75 Å². The Kier molecular flexibility index (Phi) is 2.23. The first-order valence-electron chi connectivity index (χ1n) is 4.58. The maximum Gasteiger partial charge on any atom is 0.173 e. The van der Waals surface area contributed by atoms with Gasteiger partial charge in [-0.05, 0) is 44.0 Å². The summed E-state index contributed by atoms with van der Waals surface area (Å²) in [5.74, 6) is 0.814. The highest BCUT2D eigenvalue weighted by Gasteiger charge is 2.50. The molecule has 0 spiro atoms. The van der Waals surface area contributed by atoms with E-state index in [2.05, 4.69) is 0 Å². The van der Waals surface area contributed by atoms with Crippen LogP contribution in [0.15, 0.2) is 24.3 Å². The highest BCUT2D eigenvalue weighted by molar-refractivity contribution is 6.30. The topological polar surface area (TPSA) is 26.3 Å². The van der Waals surface area contributed by atoms with Crippen LogP contribution >= 0.6 is 11.6 Å². The van der Waals surface area contributed by atoms with Crippen molar-refractivity contribution >= 4 is 17.4 Å². The molecule has 0 saturated heterocycles. The maximum absolute atomic E-state index is 11.2. The number of benzene rings is 1. The second kappa shape index (κ2) is 3.28. The molecule has 1 aliphatic rings. The van der Waals surface area contributed by atoms with Crippen molar-refractivity contribution in [3.05, 3.63) is 29.3 Å². The van der Waals surface area contributed by atoms with Crippen LogP contribution in [0.1, 0.15) is 19.8 Å². The van der Waals surface area contributed by atoms with E-state index in [0.717, 1.165) is 12.8 Å². The summed E-state index contributed by atoms with van der Waals surface area (Å²) in [6, 6.07) is 7.08. The van der Waals surface area contributed by atoms with Gasteiger partial charge in [-0.2, -0.15) is 0 Å². The van der Waals surface area contributed by atoms with Crippen LogP contribution in [0.25, 0.3) is 0 Å². The van der Waals surface area contributed by atoms with E-state index in [1.807, 2.05) is 0 Å². The van der Waals surface area contributed by atoms with Gasteiger partial charge >= 0.3 is 0 Å². The van der Waals surface area contributed by atoms with E-state index < -0.39 is 5.60 Å². The fourth-order valence-electron chi connectivity index (χ4n) is 1.37. The van der Waals surface area contributed by atoms with Gasteiger partial charge in [-0.25, -0.2) is 0 Å². The second-order valence-electron chi connectivity index (χ2n) is 3.61. The second-order valence-corrected chi connectivity index (χ2v) is 4.04. The molecule has 0 amide bonds. The lowest BCUT2D eigenvalue weighted by molar-refractivity contribution is -0.125. The van der Waals surface area contributed by atoms with E-state index in [0.29, 0.717) is 10.8 Å². The third kappa shape index (κ3) is 1.75. The molecule has 1 aliphatic carbocycles. The molecule has 1 fully saturated rings. The molecular weight excluding hydrogens is 200 g/mol. The van der Waals surface area contributed by atoms with Crippen LogP contribution in [0, 0.1) is 0 Å². The van der Waals surface area contributed by atoms with Gasteiger partial charge in [0.05, 0.1) is 0 Å². The highest BCUT2D eigenvalue weighted by Crippen LogP contribution is 2.41. The minimum absolute atomic E-state index is 0.104. The van der Waals surface area contributed by atoms with Crippen LogP contribution in [-0.2, 0) is 4.79 Å². The SMILES string of the molecule is CC(=O)C1(Oc2ccc(Cl)cc2)CC1. The summed E-state index contributed by atoms with van der Waals surface area (Å²) < 4.78 is 5.62. The molecule has 0 bridgehead atoms. The summed E-state index contributed by atoms with van der Waals surface area (Å²) in [6.45, 7) is 1.57. The fourth-order valence-corrected chi connectivity index (χ4v) is 1.49. The number of rotatable bonds is 3. The number of halogens is 1. The summed E-state index contributed by atoms with van der Waals surface area (Å²) in [5, 5.41) is 0.671. The molecule has 74 valence electrons. The molecule has 0 radical (unpaired) electrons. The summed E-state index contributed by atoms with van der Waals surface area (Å²) in [5.41, 5.74) is -0.534. The van der Waals surface area contributed by atoms with Crippen LogP contribution in [-0.4, -0.2) is 11.4 Å². The minimum Gasteiger partial charge on any atom is -0.480 e. The van der Waals surface area contributed by atoms with E-state index in [1.54, 1.807) is 31.2 Å². The average molecular weight is 211 g/mol. The summed E-state index contributed by atoms with van der Waals surface area (Å²) in [6.07, 6.45) is 1.65. The Morgan fingerprint density at radius 3 is 2.36 bits per heavy atom. The average Bonchev–Trinajstić information content (AvgIpc) is 2.90. The molecule has 0 N–H and O–H groups in total. The van der Waals surface area contributed by atoms with Crippen LogP contribution in [0.4, 0.5) is 0 Å². The largest absolute Gasteiger partial charge is 0.480 e. The van der Waals surface area contributed by atoms with Gasteiger partial charge in [0.2, 0.25) is 0 Å². The predicted octanol–water partition coefficient (Wildman–Crippen LogP) is 2.84. The van der Waals surface area contributed by atoms with Gasteiger partial charge in [0, 0.05) is 5.02 Å². The molecule has 0 atom stereocenters. The third-order valence-corrected chi connectivity index (χ3v) is 2.72. The number of carbonyl (C=O) groups is 1. The van der Waals surface area contributed by atoms with Crippen molar-refractivity contribution < 1.29 is 9.53 Å². The smallest absolute Gasteiger partial charge is 0.173 e. The zero-order valence-corrected chi connectivity index (χ0v) is 8.67. The number of carbonyl (C=O) groups excluding carboxylic acids is 1. The van der Waals surface area contributed by atoms with Crippen LogP contribution in [0.5, 0.6) is 5.75 Å². The number of Topliss-reactive ketones (excluding diaryl/α,β-unsaturated/α-hetero) is 1. The first-order valence-corrected chi connectivity index (χ1v) is 4.96. The van der Waals surface area contributed by atoms with Gasteiger partial charge in [0.15, 0.2) is 11.4 Å². The van der Waals surface area contributed by atoms with Crippen molar-refractivity contribution in [2.75, 3.05) is 0 Å². The number of hydrogen-bond donors (Lipinski definition) is 0. The molecule has 1 aromatic carbocycles. The van der Waals surface area contributed by atoms with Crippen molar-refractivity contribution in [2.24, 2.45) is 0 Å². The van der Waals surface area contributed by atoms with Gasteiger partial charge < -0.3 is 4.74 Å². The first kappa shape index (κ1) is 9.53. The zero-order valence-electron chi connectivity index (χ0n) is 7.92. The Balaban J connectivity index is 2.11. The van der Waals surface area contributed by atoms with E-state index in [9.17, 15) is 4.79 Å². The molecule has 2 nitrogen and oxygen atoms in total. The van der Waals surface area contributed by atoms with Gasteiger partial charge in [-0.1, -0.05) is 11.6 Å². The monoisotopic (exact) mass is 210 g/mol. The van der Waals surface area contributed by atoms with E-state index in [1.165, 1.54) is 0 Å². The van der Waals surface area contributed by atoms with E-state index in [4.69, 9.17) is 16.3 Å². The zero-order chi connectivity index (χ0) is 10.2. The van der Waals surface area contributed by atoms with E-state index in [-0.39, 0.29) is 5.78 Å². The van der Waals surface area contributed by atoms with Gasteiger partial charge in [-0.15, -0.1) is 0 Å². The summed E-state index contributed by atoms with van der Waals surface area (Å²) in [4.78, 5) is 11.2. The molecule has 3 heteroatoms. The number of ketones is 1. The number of hydrogen-bond acceptors (Lipinski definition) is 2. The normalized spacial score (nSPS) is 17.6. The lowest BCUT2D eigenvalue weighted by Crippen LogP contribution is -2.26. The van der Waals surface area contributed by atoms with Crippen molar-refractivity contribution in [1.29, 1.82) is 0 Å². The summed E-state index contributed by atoms with van der Waals surface area (Å²) in [7, 11) is 0. The van der Waals surface area contributed by atoms with Gasteiger partial charge in [0.25, 0.3) is 0 Å². The standard InChI is InChI=1S/C11H11ClO2/c1-8(13)11(6-7-11)14-10-4-2-9(12)3-5-10/h2-5H,6-7H2,1H3. The van der Waals surface area contributed by atoms with Gasteiger partial charge in [0.1, 0.15) is 5.75 Å². The van der Waals surface area contributed by atoms with Gasteiger partial charge in [-0.3, -0.25) is 4.79 Å². The lowest BCUT2D eigenvalue weighted by atomic mass is 10.2. The predicted molar refractivity (Wildman–Crippen MR) is 54.7 cm³/mol. The molecule has 0 unspecified atom stereocenters. The molecule has 14 heavy (non-hydrogen) atoms. The Morgan fingerprint density at radius 1 is 1.36 bits per heavy atom. The molecule has 2 rings (SSSR count). The molecule has 0 aliphatic heterocycles. The van der Waals surface area contributed by atoms with Crippen molar-refractivity contribution in [2.45, 2.75) is 25.4 Å². The van der Waals surface area contributed by atoms with Crippen molar-refractivity contribution in [3.63, 3.8) is 0 Å². The third-order valence-electron chi connectivity index (χ3n) is 2.47. The van der Waals surface area contributed by atoms with Crippen LogP contribution < -0.4 is 4.74 Å². The minimum atomic E-state index is -0.534. The highest BCUT2D eigenvalue weighted by atomic mass is 35.5. The fraction of sp³-hybridized carbons (Fsp3) is 0.364. The Bertz CT molecular complexity index is 352. The Hall–Kier alpha value is -1.02. The summed E-state index contributed by atoms with van der Waals surface area (Å²) >= 11 is 5.74. The lowest BCUT2D eigenvalue weighted by Gasteiger charge is -2.14. The molecule has 0 aromatic heterocycles. The molecule has 1 saturated carbocycles. The number of ether oxygens (including phenoxy) is 1. The Labute approximate surface area is 87.8 Å². The van der Waals surface area contributed by atoms with Crippen LogP contribution in [0.3, 0.4) is 0 Å². The quantitative estimate of drug-likeness (QED) is 0.767. The Morgan fingerprint density at radius 2 is 1.93 bits per heavy atom. The molecule has 1 aromatic rings. The van der Waals surface area contributed by atoms with E-state index >= 15 is 0 Å².